The largest absolute Gasteiger partial charge is 0.463 e. The van der Waals surface area contributed by atoms with Crippen molar-refractivity contribution in [1.29, 1.82) is 0 Å². The maximum atomic E-state index is 11.9. The van der Waals surface area contributed by atoms with Crippen molar-refractivity contribution in [3.05, 3.63) is 36.5 Å². The van der Waals surface area contributed by atoms with Crippen molar-refractivity contribution in [3.63, 3.8) is 0 Å². The Morgan fingerprint density at radius 2 is 1.41 bits per heavy atom. The second-order valence-electron chi connectivity index (χ2n) is 7.37. The minimum absolute atomic E-state index is 0.270. The van der Waals surface area contributed by atoms with Crippen molar-refractivity contribution in [2.45, 2.75) is 58.3 Å². The molecule has 0 radical (unpaired) electrons. The minimum Gasteiger partial charge on any atom is -0.463 e. The van der Waals surface area contributed by atoms with Crippen LogP contribution in [0.25, 0.3) is 10.9 Å². The van der Waals surface area contributed by atoms with E-state index in [0.717, 1.165) is 10.9 Å². The number of rotatable bonds is 6. The number of hydrogen-bond acceptors (Lipinski definition) is 9. The highest BCUT2D eigenvalue weighted by Gasteiger charge is 2.52. The fourth-order valence-electron chi connectivity index (χ4n) is 3.76. The topological polar surface area (TPSA) is 119 Å². The van der Waals surface area contributed by atoms with Gasteiger partial charge in [0.25, 0.3) is 0 Å². The number of fused-ring (bicyclic) bond motifs is 1. The molecule has 10 nitrogen and oxygen atoms in total. The zero-order valence-corrected chi connectivity index (χ0v) is 18.2. The van der Waals surface area contributed by atoms with E-state index in [1.807, 2.05) is 30.3 Å². The minimum atomic E-state index is -1.21. The number of para-hydroxylation sites is 1. The zero-order valence-electron chi connectivity index (χ0n) is 18.2. The van der Waals surface area contributed by atoms with Crippen LogP contribution >= 0.6 is 0 Å². The lowest BCUT2D eigenvalue weighted by Gasteiger charge is -2.44. The normalized spacial score (nSPS) is 25.1. The summed E-state index contributed by atoms with van der Waals surface area (Å²) in [6.45, 7) is 4.53. The molecule has 2 aromatic rings. The first-order valence-corrected chi connectivity index (χ1v) is 10.0. The van der Waals surface area contributed by atoms with Crippen LogP contribution < -0.4 is 0 Å². The van der Waals surface area contributed by atoms with Gasteiger partial charge >= 0.3 is 23.9 Å². The van der Waals surface area contributed by atoms with Crippen LogP contribution in [-0.2, 0) is 42.9 Å². The van der Waals surface area contributed by atoms with Gasteiger partial charge < -0.3 is 28.3 Å². The average Bonchev–Trinajstić information content (AvgIpc) is 3.12. The lowest BCUT2D eigenvalue weighted by molar-refractivity contribution is -0.267. The molecule has 0 spiro atoms. The predicted molar refractivity (Wildman–Crippen MR) is 109 cm³/mol. The van der Waals surface area contributed by atoms with Gasteiger partial charge in [-0.05, 0) is 17.5 Å². The molecule has 172 valence electrons. The van der Waals surface area contributed by atoms with Gasteiger partial charge in [-0.15, -0.1) is 0 Å². The van der Waals surface area contributed by atoms with E-state index in [1.165, 1.54) is 27.7 Å². The molecule has 1 aromatic heterocycles. The lowest BCUT2D eigenvalue weighted by Crippen LogP contribution is -2.60. The van der Waals surface area contributed by atoms with E-state index in [0.29, 0.717) is 0 Å². The highest BCUT2D eigenvalue weighted by atomic mass is 16.7. The first-order valence-electron chi connectivity index (χ1n) is 10.0. The molecule has 32 heavy (non-hydrogen) atoms. The summed E-state index contributed by atoms with van der Waals surface area (Å²) in [6, 6.07) is 9.31. The number of esters is 4. The van der Waals surface area contributed by atoms with E-state index in [4.69, 9.17) is 23.7 Å². The molecule has 3 rings (SSSR count). The zero-order chi connectivity index (χ0) is 23.4. The monoisotopic (exact) mass is 447 g/mol. The van der Waals surface area contributed by atoms with E-state index in [-0.39, 0.29) is 6.61 Å². The molecule has 5 atom stereocenters. The van der Waals surface area contributed by atoms with Gasteiger partial charge in [-0.2, -0.15) is 0 Å². The molecule has 1 aromatic carbocycles. The van der Waals surface area contributed by atoms with Crippen molar-refractivity contribution in [1.82, 2.24) is 4.57 Å². The third kappa shape index (κ3) is 5.25. The number of carbonyl (C=O) groups is 4. The Morgan fingerprint density at radius 3 is 2.03 bits per heavy atom. The van der Waals surface area contributed by atoms with Crippen molar-refractivity contribution in [3.8, 4) is 0 Å². The van der Waals surface area contributed by atoms with Crippen LogP contribution in [0, 0.1) is 0 Å². The van der Waals surface area contributed by atoms with Gasteiger partial charge in [-0.3, -0.25) is 19.2 Å². The average molecular weight is 447 g/mol. The Balaban J connectivity index is 2.10. The molecule has 0 aliphatic carbocycles. The van der Waals surface area contributed by atoms with Gasteiger partial charge in [0, 0.05) is 33.9 Å². The van der Waals surface area contributed by atoms with Crippen LogP contribution in [0.4, 0.5) is 0 Å². The molecule has 1 fully saturated rings. The Kier molecular flexibility index (Phi) is 7.14. The molecule has 1 aliphatic rings. The fraction of sp³-hybridized carbons (Fsp3) is 0.455. The number of nitrogens with zero attached hydrogens (tertiary/aromatic N) is 1. The Labute approximate surface area is 184 Å². The van der Waals surface area contributed by atoms with Crippen LogP contribution in [0.2, 0.25) is 0 Å². The van der Waals surface area contributed by atoms with Gasteiger partial charge in [0.05, 0.1) is 5.52 Å². The van der Waals surface area contributed by atoms with E-state index in [1.54, 1.807) is 10.8 Å². The molecular weight excluding hydrogens is 422 g/mol. The molecule has 1 saturated heterocycles. The van der Waals surface area contributed by atoms with Crippen LogP contribution in [0.15, 0.2) is 36.5 Å². The number of ether oxygens (including phenoxy) is 5. The second-order valence-corrected chi connectivity index (χ2v) is 7.37. The molecule has 0 unspecified atom stereocenters. The molecule has 0 saturated carbocycles. The van der Waals surface area contributed by atoms with Crippen molar-refractivity contribution in [2.24, 2.45) is 0 Å². The van der Waals surface area contributed by atoms with E-state index >= 15 is 0 Å². The molecule has 2 heterocycles. The van der Waals surface area contributed by atoms with Crippen LogP contribution in [0.3, 0.4) is 0 Å². The van der Waals surface area contributed by atoms with Crippen molar-refractivity contribution >= 4 is 34.8 Å². The van der Waals surface area contributed by atoms with Crippen molar-refractivity contribution < 1.29 is 42.9 Å². The summed E-state index contributed by atoms with van der Waals surface area (Å²) in [4.78, 5) is 47.1. The van der Waals surface area contributed by atoms with Gasteiger partial charge in [0.1, 0.15) is 12.7 Å². The SMILES string of the molecule is CC(=O)OC[C@H]1O[C@@H](n2ccc3ccccc32)[C@@H](OC(C)=O)[C@@H](OC(C)=O)[C@H]1OC(C)=O. The van der Waals surface area contributed by atoms with E-state index in [9.17, 15) is 19.2 Å². The van der Waals surface area contributed by atoms with Crippen molar-refractivity contribution in [2.75, 3.05) is 6.61 Å². The number of carbonyl (C=O) groups excluding carboxylic acids is 4. The summed E-state index contributed by atoms with van der Waals surface area (Å²) >= 11 is 0. The summed E-state index contributed by atoms with van der Waals surface area (Å²) in [7, 11) is 0. The quantitative estimate of drug-likeness (QED) is 0.483. The summed E-state index contributed by atoms with van der Waals surface area (Å²) < 4.78 is 29.4. The smallest absolute Gasteiger partial charge is 0.303 e. The van der Waals surface area contributed by atoms with E-state index in [2.05, 4.69) is 0 Å². The maximum absolute atomic E-state index is 11.9. The third-order valence-electron chi connectivity index (χ3n) is 4.87. The highest BCUT2D eigenvalue weighted by molar-refractivity contribution is 5.80. The first-order chi connectivity index (χ1) is 15.2. The van der Waals surface area contributed by atoms with Gasteiger partial charge in [-0.1, -0.05) is 18.2 Å². The van der Waals surface area contributed by atoms with E-state index < -0.39 is 54.5 Å². The van der Waals surface area contributed by atoms with Gasteiger partial charge in [-0.25, -0.2) is 0 Å². The number of aromatic nitrogens is 1. The van der Waals surface area contributed by atoms with Crippen LogP contribution in [0.1, 0.15) is 33.9 Å². The first kappa shape index (κ1) is 23.3. The summed E-state index contributed by atoms with van der Waals surface area (Å²) in [6.07, 6.45) is -3.75. The lowest BCUT2D eigenvalue weighted by atomic mass is 9.97. The fourth-order valence-corrected chi connectivity index (χ4v) is 3.76. The second kappa shape index (κ2) is 9.82. The number of benzene rings is 1. The summed E-state index contributed by atoms with van der Waals surface area (Å²) in [5.74, 6) is -2.55. The predicted octanol–water partition coefficient (Wildman–Crippen LogP) is 1.90. The molecule has 0 N–H and O–H groups in total. The van der Waals surface area contributed by atoms with Gasteiger partial charge in [0.2, 0.25) is 0 Å². The molecule has 0 bridgehead atoms. The summed E-state index contributed by atoms with van der Waals surface area (Å²) in [5, 5.41) is 0.903. The molecule has 10 heteroatoms. The van der Waals surface area contributed by atoms with Crippen LogP contribution in [-0.4, -0.2) is 59.5 Å². The molecule has 0 amide bonds. The van der Waals surface area contributed by atoms with Crippen LogP contribution in [0.5, 0.6) is 0 Å². The highest BCUT2D eigenvalue weighted by Crippen LogP contribution is 2.36. The Bertz CT molecular complexity index is 1010. The molecular formula is C22H25NO9. The Morgan fingerprint density at radius 1 is 0.812 bits per heavy atom. The van der Waals surface area contributed by atoms with Gasteiger partial charge in [0.15, 0.2) is 24.5 Å². The summed E-state index contributed by atoms with van der Waals surface area (Å²) in [5.41, 5.74) is 0.772. The number of hydrogen-bond donors (Lipinski definition) is 0. The Hall–Kier alpha value is -3.40. The third-order valence-corrected chi connectivity index (χ3v) is 4.87. The maximum Gasteiger partial charge on any atom is 0.303 e. The standard InChI is InChI=1S/C22H25NO9/c1-12(24)28-11-18-19(29-13(2)25)20(30-14(3)26)21(31-15(4)27)22(32-18)23-10-9-16-7-5-6-8-17(16)23/h5-10,18-22H,11H2,1-4H3/t18-,19+,20+,21+,22-/m1/s1. The molecule has 1 aliphatic heterocycles.